The van der Waals surface area contributed by atoms with Crippen molar-refractivity contribution in [1.29, 1.82) is 0 Å². The molecule has 9 rings (SSSR count). The molecule has 0 amide bonds. The number of para-hydroxylation sites is 2. The van der Waals surface area contributed by atoms with Crippen molar-refractivity contribution in [3.05, 3.63) is 166 Å². The van der Waals surface area contributed by atoms with Gasteiger partial charge < -0.3 is 9.80 Å². The Hall–Kier alpha value is -5.08. The third kappa shape index (κ3) is 6.36. The molecule has 0 heterocycles. The lowest BCUT2D eigenvalue weighted by molar-refractivity contribution is 0.169. The van der Waals surface area contributed by atoms with Crippen LogP contribution in [0.4, 0.5) is 34.1 Å². The minimum atomic E-state index is 0.0866. The number of fused-ring (bicyclic) bond motifs is 3. The molecule has 302 valence electrons. The Morgan fingerprint density at radius 1 is 0.390 bits per heavy atom. The van der Waals surface area contributed by atoms with Gasteiger partial charge in [0.1, 0.15) is 0 Å². The molecule has 6 aromatic rings. The van der Waals surface area contributed by atoms with Crippen LogP contribution in [0.3, 0.4) is 0 Å². The van der Waals surface area contributed by atoms with Gasteiger partial charge in [0.05, 0.1) is 11.4 Å². The maximum absolute atomic E-state index is 2.64. The van der Waals surface area contributed by atoms with Crippen LogP contribution in [-0.2, 0) is 21.7 Å². The SMILES string of the molecule is Cc1cc(C(C)(C)C)cc(C)c1N(c1ccccc1)c1ccc2c(c1)C13CCCCC1(CCC3)c1cc(N(c3ccccc3)c3c(C)cc(C(C)(C)C)cc3C)ccc1-2. The van der Waals surface area contributed by atoms with Gasteiger partial charge >= 0.3 is 0 Å². The van der Waals surface area contributed by atoms with E-state index in [1.165, 1.54) is 124 Å². The highest BCUT2D eigenvalue weighted by molar-refractivity contribution is 5.88. The summed E-state index contributed by atoms with van der Waals surface area (Å²) in [5.41, 5.74) is 22.1. The maximum Gasteiger partial charge on any atom is 0.0520 e. The van der Waals surface area contributed by atoms with Gasteiger partial charge in [-0.05, 0) is 168 Å². The Morgan fingerprint density at radius 3 is 1.07 bits per heavy atom. The Balaban J connectivity index is 1.25. The Morgan fingerprint density at radius 2 is 0.729 bits per heavy atom. The van der Waals surface area contributed by atoms with Crippen LogP contribution in [0, 0.1) is 27.7 Å². The molecule has 2 fully saturated rings. The molecule has 6 aromatic carbocycles. The Bertz CT molecular complexity index is 2320. The second-order valence-electron chi connectivity index (χ2n) is 20.4. The van der Waals surface area contributed by atoms with E-state index in [-0.39, 0.29) is 21.7 Å². The number of hydrogen-bond donors (Lipinski definition) is 0. The standard InChI is InChI=1S/C57H64N2/c1-38-32-42(54(5,6)7)33-39(2)52(38)58(44-20-13-11-14-21-44)46-24-26-48-49-27-25-47(37-51(49)57-29-18-17-28-56(57,30-19-31-57)50(48)36-46)59(45-22-15-12-16-23-45)53-40(3)34-43(35-41(53)4)55(8,9)10/h11-16,20-27,32-37H,17-19,28-31H2,1-10H3. The highest BCUT2D eigenvalue weighted by Crippen LogP contribution is 2.68. The van der Waals surface area contributed by atoms with E-state index in [2.05, 4.69) is 200 Å². The van der Waals surface area contributed by atoms with E-state index in [9.17, 15) is 0 Å². The first-order chi connectivity index (χ1) is 28.1. The Labute approximate surface area is 355 Å². The zero-order valence-electron chi connectivity index (χ0n) is 37.4. The number of anilines is 6. The van der Waals surface area contributed by atoms with E-state index < -0.39 is 0 Å². The summed E-state index contributed by atoms with van der Waals surface area (Å²) in [5.74, 6) is 0. The number of benzene rings is 6. The summed E-state index contributed by atoms with van der Waals surface area (Å²) in [4.78, 5) is 5.11. The fourth-order valence-corrected chi connectivity index (χ4v) is 11.9. The van der Waals surface area contributed by atoms with E-state index >= 15 is 0 Å². The summed E-state index contributed by atoms with van der Waals surface area (Å²) in [6.07, 6.45) is 8.89. The number of aryl methyl sites for hydroxylation is 4. The van der Waals surface area contributed by atoms with E-state index in [0.29, 0.717) is 0 Å². The lowest BCUT2D eigenvalue weighted by Gasteiger charge is -2.55. The average Bonchev–Trinajstić information content (AvgIpc) is 3.62. The molecule has 0 spiro atoms. The van der Waals surface area contributed by atoms with Crippen LogP contribution in [0.25, 0.3) is 11.1 Å². The van der Waals surface area contributed by atoms with Crippen molar-refractivity contribution in [2.75, 3.05) is 9.80 Å². The summed E-state index contributed by atoms with van der Waals surface area (Å²) >= 11 is 0. The molecule has 0 N–H and O–H groups in total. The predicted molar refractivity (Wildman–Crippen MR) is 253 cm³/mol. The third-order valence-electron chi connectivity index (χ3n) is 14.6. The maximum atomic E-state index is 2.64. The molecule has 3 aliphatic rings. The van der Waals surface area contributed by atoms with Crippen molar-refractivity contribution >= 4 is 34.1 Å². The van der Waals surface area contributed by atoms with Gasteiger partial charge in [0.15, 0.2) is 0 Å². The van der Waals surface area contributed by atoms with Crippen LogP contribution in [0.1, 0.15) is 131 Å². The zero-order valence-corrected chi connectivity index (χ0v) is 37.4. The quantitative estimate of drug-likeness (QED) is 0.166. The molecule has 0 bridgehead atoms. The second kappa shape index (κ2) is 14.3. The molecule has 0 aromatic heterocycles. The average molecular weight is 777 g/mol. The van der Waals surface area contributed by atoms with Crippen LogP contribution in [0.5, 0.6) is 0 Å². The highest BCUT2D eigenvalue weighted by Gasteiger charge is 2.60. The number of rotatable bonds is 6. The van der Waals surface area contributed by atoms with E-state index in [0.717, 1.165) is 0 Å². The first-order valence-corrected chi connectivity index (χ1v) is 22.4. The molecule has 0 saturated heterocycles. The molecule has 2 unspecified atom stereocenters. The van der Waals surface area contributed by atoms with E-state index in [1.807, 2.05) is 0 Å². The largest absolute Gasteiger partial charge is 0.310 e. The van der Waals surface area contributed by atoms with Crippen LogP contribution in [0.2, 0.25) is 0 Å². The summed E-state index contributed by atoms with van der Waals surface area (Å²) in [6, 6.07) is 46.9. The fourth-order valence-electron chi connectivity index (χ4n) is 11.9. The fraction of sp³-hybridized carbons (Fsp3) is 0.368. The molecule has 2 heteroatoms. The highest BCUT2D eigenvalue weighted by atomic mass is 15.2. The van der Waals surface area contributed by atoms with E-state index in [1.54, 1.807) is 11.1 Å². The predicted octanol–water partition coefficient (Wildman–Crippen LogP) is 16.4. The van der Waals surface area contributed by atoms with Crippen molar-refractivity contribution in [2.45, 2.75) is 136 Å². The molecule has 2 saturated carbocycles. The molecule has 2 nitrogen and oxygen atoms in total. The minimum absolute atomic E-state index is 0.0866. The normalized spacial score (nSPS) is 19.7. The van der Waals surface area contributed by atoms with Gasteiger partial charge in [-0.2, -0.15) is 0 Å². The molecular formula is C57H64N2. The van der Waals surface area contributed by atoms with Crippen LogP contribution in [0.15, 0.2) is 121 Å². The summed E-state index contributed by atoms with van der Waals surface area (Å²) < 4.78 is 0. The zero-order chi connectivity index (χ0) is 41.5. The first-order valence-electron chi connectivity index (χ1n) is 22.4. The van der Waals surface area contributed by atoms with Gasteiger partial charge in [0.25, 0.3) is 0 Å². The minimum Gasteiger partial charge on any atom is -0.310 e. The van der Waals surface area contributed by atoms with Gasteiger partial charge in [-0.1, -0.05) is 134 Å². The van der Waals surface area contributed by atoms with Crippen molar-refractivity contribution in [3.63, 3.8) is 0 Å². The van der Waals surface area contributed by atoms with Crippen molar-refractivity contribution in [3.8, 4) is 11.1 Å². The van der Waals surface area contributed by atoms with Gasteiger partial charge in [-0.15, -0.1) is 0 Å². The lowest BCUT2D eigenvalue weighted by Crippen LogP contribution is -2.50. The van der Waals surface area contributed by atoms with E-state index in [4.69, 9.17) is 0 Å². The van der Waals surface area contributed by atoms with Crippen molar-refractivity contribution in [2.24, 2.45) is 0 Å². The Kier molecular flexibility index (Phi) is 9.54. The molecule has 3 aliphatic carbocycles. The second-order valence-corrected chi connectivity index (χ2v) is 20.4. The molecule has 2 atom stereocenters. The molecular weight excluding hydrogens is 713 g/mol. The summed E-state index contributed by atoms with van der Waals surface area (Å²) in [5, 5.41) is 0. The van der Waals surface area contributed by atoms with Gasteiger partial charge in [0, 0.05) is 33.6 Å². The lowest BCUT2D eigenvalue weighted by atomic mass is 9.48. The molecule has 59 heavy (non-hydrogen) atoms. The topological polar surface area (TPSA) is 6.48 Å². The summed E-state index contributed by atoms with van der Waals surface area (Å²) in [6.45, 7) is 23.2. The number of hydrogen-bond acceptors (Lipinski definition) is 2. The molecule has 0 aliphatic heterocycles. The van der Waals surface area contributed by atoms with Gasteiger partial charge in [-0.25, -0.2) is 0 Å². The van der Waals surface area contributed by atoms with Crippen molar-refractivity contribution < 1.29 is 0 Å². The first kappa shape index (κ1) is 39.4. The summed E-state index contributed by atoms with van der Waals surface area (Å²) in [7, 11) is 0. The van der Waals surface area contributed by atoms with Crippen LogP contribution in [-0.4, -0.2) is 0 Å². The van der Waals surface area contributed by atoms with Crippen LogP contribution >= 0.6 is 0 Å². The monoisotopic (exact) mass is 777 g/mol. The molecule has 0 radical (unpaired) electrons. The van der Waals surface area contributed by atoms with Crippen LogP contribution < -0.4 is 9.80 Å². The number of nitrogens with zero attached hydrogens (tertiary/aromatic N) is 2. The smallest absolute Gasteiger partial charge is 0.0520 e. The van der Waals surface area contributed by atoms with Gasteiger partial charge in [-0.3, -0.25) is 0 Å². The van der Waals surface area contributed by atoms with Crippen molar-refractivity contribution in [1.82, 2.24) is 0 Å². The third-order valence-corrected chi connectivity index (χ3v) is 14.6. The van der Waals surface area contributed by atoms with Gasteiger partial charge in [0.2, 0.25) is 0 Å².